The van der Waals surface area contributed by atoms with E-state index in [1.807, 2.05) is 18.2 Å². The molecule has 2 unspecified atom stereocenters. The predicted octanol–water partition coefficient (Wildman–Crippen LogP) is 3.46. The topological polar surface area (TPSA) is 26.3 Å². The van der Waals surface area contributed by atoms with E-state index >= 15 is 0 Å². The third-order valence-electron chi connectivity index (χ3n) is 3.23. The Kier molecular flexibility index (Phi) is 3.60. The molecule has 1 fully saturated rings. The van der Waals surface area contributed by atoms with Gasteiger partial charge in [0.2, 0.25) is 0 Å². The van der Waals surface area contributed by atoms with Crippen molar-refractivity contribution in [3.63, 3.8) is 0 Å². The van der Waals surface area contributed by atoms with Crippen LogP contribution >= 0.6 is 0 Å². The number of para-hydroxylation sites is 1. The van der Waals surface area contributed by atoms with Crippen molar-refractivity contribution in [2.45, 2.75) is 38.7 Å². The van der Waals surface area contributed by atoms with E-state index in [9.17, 15) is 4.79 Å². The average Bonchev–Trinajstić information content (AvgIpc) is 2.30. The highest BCUT2D eigenvalue weighted by molar-refractivity contribution is 5.79. The van der Waals surface area contributed by atoms with Crippen molar-refractivity contribution in [1.82, 2.24) is 0 Å². The second-order valence-corrected chi connectivity index (χ2v) is 4.67. The second-order valence-electron chi connectivity index (χ2n) is 4.67. The Morgan fingerprint density at radius 3 is 2.88 bits per heavy atom. The standard InChI is InChI=1S/C14H18O2/c1-11-5-4-7-13(9-11)16-14-8-3-2-6-12(14)10-15/h2-3,6,8,10-11,13H,4-5,7,9H2,1H3. The molecular weight excluding hydrogens is 200 g/mol. The zero-order chi connectivity index (χ0) is 11.4. The molecular formula is C14H18O2. The third kappa shape index (κ3) is 2.63. The Bertz CT molecular complexity index is 360. The van der Waals surface area contributed by atoms with Gasteiger partial charge in [0.1, 0.15) is 5.75 Å². The second kappa shape index (κ2) is 5.15. The van der Waals surface area contributed by atoms with E-state index in [0.29, 0.717) is 5.56 Å². The third-order valence-corrected chi connectivity index (χ3v) is 3.23. The first-order valence-corrected chi connectivity index (χ1v) is 6.00. The summed E-state index contributed by atoms with van der Waals surface area (Å²) in [6.45, 7) is 2.27. The van der Waals surface area contributed by atoms with Crippen molar-refractivity contribution in [2.24, 2.45) is 5.92 Å². The van der Waals surface area contributed by atoms with Crippen LogP contribution in [0, 0.1) is 5.92 Å². The van der Waals surface area contributed by atoms with Crippen LogP contribution in [-0.2, 0) is 0 Å². The summed E-state index contributed by atoms with van der Waals surface area (Å²) in [6, 6.07) is 7.45. The Morgan fingerprint density at radius 1 is 1.31 bits per heavy atom. The van der Waals surface area contributed by atoms with E-state index in [0.717, 1.165) is 30.8 Å². The molecule has 2 rings (SSSR count). The summed E-state index contributed by atoms with van der Waals surface area (Å²) in [4.78, 5) is 10.9. The van der Waals surface area contributed by atoms with Gasteiger partial charge in [-0.2, -0.15) is 0 Å². The first kappa shape index (κ1) is 11.2. The molecule has 0 N–H and O–H groups in total. The van der Waals surface area contributed by atoms with Crippen molar-refractivity contribution in [3.8, 4) is 5.75 Å². The molecule has 1 aliphatic carbocycles. The van der Waals surface area contributed by atoms with Crippen LogP contribution in [0.5, 0.6) is 5.75 Å². The van der Waals surface area contributed by atoms with E-state index in [4.69, 9.17) is 4.74 Å². The van der Waals surface area contributed by atoms with Gasteiger partial charge < -0.3 is 4.74 Å². The van der Waals surface area contributed by atoms with Crippen molar-refractivity contribution in [3.05, 3.63) is 29.8 Å². The highest BCUT2D eigenvalue weighted by Gasteiger charge is 2.20. The highest BCUT2D eigenvalue weighted by atomic mass is 16.5. The van der Waals surface area contributed by atoms with Gasteiger partial charge >= 0.3 is 0 Å². The molecule has 1 aromatic rings. The number of hydrogen-bond donors (Lipinski definition) is 0. The van der Waals surface area contributed by atoms with Gasteiger partial charge in [-0.1, -0.05) is 25.5 Å². The number of aldehydes is 1. The first-order chi connectivity index (χ1) is 7.79. The van der Waals surface area contributed by atoms with Crippen molar-refractivity contribution >= 4 is 6.29 Å². The highest BCUT2D eigenvalue weighted by Crippen LogP contribution is 2.28. The van der Waals surface area contributed by atoms with Crippen molar-refractivity contribution in [2.75, 3.05) is 0 Å². The number of carbonyl (C=O) groups is 1. The molecule has 0 amide bonds. The molecule has 0 saturated heterocycles. The molecule has 86 valence electrons. The van der Waals surface area contributed by atoms with Gasteiger partial charge in [0, 0.05) is 0 Å². The van der Waals surface area contributed by atoms with Crippen LogP contribution in [0.4, 0.5) is 0 Å². The number of rotatable bonds is 3. The normalized spacial score (nSPS) is 25.1. The summed E-state index contributed by atoms with van der Waals surface area (Å²) in [5.41, 5.74) is 0.653. The van der Waals surface area contributed by atoms with E-state index < -0.39 is 0 Å². The van der Waals surface area contributed by atoms with Gasteiger partial charge in [-0.05, 0) is 37.3 Å². The summed E-state index contributed by atoms with van der Waals surface area (Å²) < 4.78 is 5.92. The molecule has 1 aliphatic rings. The fourth-order valence-electron chi connectivity index (χ4n) is 2.35. The SMILES string of the molecule is CC1CCCC(Oc2ccccc2C=O)C1. The number of carbonyl (C=O) groups excluding carboxylic acids is 1. The van der Waals surface area contributed by atoms with E-state index in [-0.39, 0.29) is 6.10 Å². The minimum atomic E-state index is 0.282. The van der Waals surface area contributed by atoms with Gasteiger partial charge in [0.15, 0.2) is 6.29 Å². The van der Waals surface area contributed by atoms with Gasteiger partial charge in [0.05, 0.1) is 11.7 Å². The largest absolute Gasteiger partial charge is 0.490 e. The number of hydrogen-bond acceptors (Lipinski definition) is 2. The van der Waals surface area contributed by atoms with Crippen LogP contribution in [-0.4, -0.2) is 12.4 Å². The van der Waals surface area contributed by atoms with Crippen LogP contribution in [0.1, 0.15) is 43.0 Å². The lowest BCUT2D eigenvalue weighted by Crippen LogP contribution is -2.24. The van der Waals surface area contributed by atoms with E-state index in [1.165, 1.54) is 12.8 Å². The summed E-state index contributed by atoms with van der Waals surface area (Å²) >= 11 is 0. The Morgan fingerprint density at radius 2 is 2.12 bits per heavy atom. The molecule has 2 nitrogen and oxygen atoms in total. The van der Waals surface area contributed by atoms with Crippen molar-refractivity contribution in [1.29, 1.82) is 0 Å². The van der Waals surface area contributed by atoms with Crippen LogP contribution < -0.4 is 4.74 Å². The van der Waals surface area contributed by atoms with E-state index in [2.05, 4.69) is 6.92 Å². The lowest BCUT2D eigenvalue weighted by atomic mass is 9.88. The molecule has 2 atom stereocenters. The average molecular weight is 218 g/mol. The van der Waals surface area contributed by atoms with Gasteiger partial charge in [-0.15, -0.1) is 0 Å². The van der Waals surface area contributed by atoms with Crippen LogP contribution in [0.2, 0.25) is 0 Å². The smallest absolute Gasteiger partial charge is 0.153 e. The molecule has 1 aromatic carbocycles. The molecule has 0 spiro atoms. The summed E-state index contributed by atoms with van der Waals surface area (Å²) in [5, 5.41) is 0. The quantitative estimate of drug-likeness (QED) is 0.726. The van der Waals surface area contributed by atoms with Crippen LogP contribution in [0.25, 0.3) is 0 Å². The minimum Gasteiger partial charge on any atom is -0.490 e. The van der Waals surface area contributed by atoms with E-state index in [1.54, 1.807) is 6.07 Å². The number of benzene rings is 1. The van der Waals surface area contributed by atoms with Gasteiger partial charge in [-0.3, -0.25) is 4.79 Å². The fraction of sp³-hybridized carbons (Fsp3) is 0.500. The molecule has 0 bridgehead atoms. The monoisotopic (exact) mass is 218 g/mol. The molecule has 16 heavy (non-hydrogen) atoms. The zero-order valence-electron chi connectivity index (χ0n) is 9.69. The maximum absolute atomic E-state index is 10.9. The Balaban J connectivity index is 2.05. The van der Waals surface area contributed by atoms with Gasteiger partial charge in [0.25, 0.3) is 0 Å². The lowest BCUT2D eigenvalue weighted by molar-refractivity contribution is 0.109. The molecule has 0 heterocycles. The summed E-state index contributed by atoms with van der Waals surface area (Å²) in [5.74, 6) is 1.47. The molecule has 0 radical (unpaired) electrons. The van der Waals surface area contributed by atoms with Crippen LogP contribution in [0.15, 0.2) is 24.3 Å². The molecule has 1 saturated carbocycles. The summed E-state index contributed by atoms with van der Waals surface area (Å²) in [6.07, 6.45) is 5.89. The Labute approximate surface area is 96.6 Å². The molecule has 0 aliphatic heterocycles. The van der Waals surface area contributed by atoms with Crippen LogP contribution in [0.3, 0.4) is 0 Å². The minimum absolute atomic E-state index is 0.282. The van der Waals surface area contributed by atoms with Crippen molar-refractivity contribution < 1.29 is 9.53 Å². The fourth-order valence-corrected chi connectivity index (χ4v) is 2.35. The maximum Gasteiger partial charge on any atom is 0.153 e. The first-order valence-electron chi connectivity index (χ1n) is 6.00. The zero-order valence-corrected chi connectivity index (χ0v) is 9.69. The molecule has 2 heteroatoms. The predicted molar refractivity (Wildman–Crippen MR) is 63.9 cm³/mol. The molecule has 0 aromatic heterocycles. The lowest BCUT2D eigenvalue weighted by Gasteiger charge is -2.27. The summed E-state index contributed by atoms with van der Waals surface area (Å²) in [7, 11) is 0. The maximum atomic E-state index is 10.9. The van der Waals surface area contributed by atoms with Gasteiger partial charge in [-0.25, -0.2) is 0 Å². The number of ether oxygens (including phenoxy) is 1. The Hall–Kier alpha value is -1.31.